The molecule has 2 unspecified atom stereocenters. The number of hydrogen-bond donors (Lipinski definition) is 2. The van der Waals surface area contributed by atoms with Crippen molar-refractivity contribution in [1.29, 1.82) is 0 Å². The molecule has 6 rings (SSSR count). The Bertz CT molecular complexity index is 1900. The lowest BCUT2D eigenvalue weighted by Gasteiger charge is -2.19. The maximum absolute atomic E-state index is 12.4. The number of amides is 1. The van der Waals surface area contributed by atoms with Crippen molar-refractivity contribution in [1.82, 2.24) is 25.5 Å². The van der Waals surface area contributed by atoms with Crippen LogP contribution in [0.3, 0.4) is 0 Å². The van der Waals surface area contributed by atoms with Crippen LogP contribution in [0.5, 0.6) is 11.6 Å². The number of carbonyl (C=O) groups excluding carboxylic acids is 2. The van der Waals surface area contributed by atoms with E-state index in [1.165, 1.54) is 0 Å². The molecule has 2 fully saturated rings. The first-order chi connectivity index (χ1) is 24.6. The topological polar surface area (TPSA) is 115 Å². The maximum Gasteiger partial charge on any atom is 0.310 e. The number of pyridine rings is 2. The number of benzene rings is 2. The monoisotopic (exact) mass is 731 g/mol. The molecule has 0 bridgehead atoms. The second-order valence-corrected chi connectivity index (χ2v) is 14.0. The third kappa shape index (κ3) is 8.47. The van der Waals surface area contributed by atoms with Gasteiger partial charge in [0.05, 0.1) is 47.7 Å². The van der Waals surface area contributed by atoms with Crippen LogP contribution in [0.2, 0.25) is 10.0 Å². The highest BCUT2D eigenvalue weighted by Crippen LogP contribution is 2.42. The highest BCUT2D eigenvalue weighted by molar-refractivity contribution is 6.39. The van der Waals surface area contributed by atoms with Crippen molar-refractivity contribution >= 4 is 35.1 Å². The largest absolute Gasteiger partial charge is 0.496 e. The zero-order valence-electron chi connectivity index (χ0n) is 29.3. The fourth-order valence-electron chi connectivity index (χ4n) is 6.69. The SMILES string of the molecule is COc1cc(-c2nccc(-c3cccc(-c4ccc(CNCC5CCC(=O)N5)c(OC)n4)c3Cl)c2Cl)ccc1CN1CCC(C(=O)OC(C)C)C1. The summed E-state index contributed by atoms with van der Waals surface area (Å²) in [5.74, 6) is 1.06. The van der Waals surface area contributed by atoms with Crippen LogP contribution in [0.4, 0.5) is 0 Å². The molecular weight excluding hydrogens is 689 g/mol. The quantitative estimate of drug-likeness (QED) is 0.141. The molecule has 268 valence electrons. The van der Waals surface area contributed by atoms with Crippen LogP contribution in [0, 0.1) is 5.92 Å². The maximum atomic E-state index is 12.4. The normalized spacial score (nSPS) is 17.5. The number of hydrogen-bond acceptors (Lipinski definition) is 9. The Morgan fingerprint density at radius 3 is 2.53 bits per heavy atom. The summed E-state index contributed by atoms with van der Waals surface area (Å²) < 4.78 is 16.9. The van der Waals surface area contributed by atoms with Gasteiger partial charge in [-0.3, -0.25) is 19.5 Å². The van der Waals surface area contributed by atoms with Crippen LogP contribution in [0.25, 0.3) is 33.6 Å². The average Bonchev–Trinajstić information content (AvgIpc) is 3.77. The van der Waals surface area contributed by atoms with E-state index in [0.717, 1.165) is 52.8 Å². The minimum atomic E-state index is -0.133. The molecule has 51 heavy (non-hydrogen) atoms. The van der Waals surface area contributed by atoms with E-state index in [0.29, 0.717) is 65.7 Å². The number of nitrogens with one attached hydrogen (secondary N) is 2. The number of carbonyl (C=O) groups is 2. The van der Waals surface area contributed by atoms with Crippen molar-refractivity contribution in [3.8, 4) is 45.3 Å². The summed E-state index contributed by atoms with van der Waals surface area (Å²) in [6, 6.07) is 17.6. The minimum absolute atomic E-state index is 0.0967. The standard InChI is InChI=1S/C39H43Cl2N5O5/c1-23(2)51-39(48)27-15-17-46(22-27)21-26-9-8-24(18-33(26)49-3)37-36(41)30(14-16-43-37)29-6-5-7-31(35(29)40)32-12-10-25(38(45-32)50-4)19-42-20-28-11-13-34(47)44-28/h5-10,12,14,16,18,23,27-28,42H,11,13,15,17,19-22H2,1-4H3,(H,44,47). The molecule has 0 spiro atoms. The number of aromatic nitrogens is 2. The zero-order chi connectivity index (χ0) is 36.1. The fourth-order valence-corrected chi connectivity index (χ4v) is 7.34. The first kappa shape index (κ1) is 36.6. The van der Waals surface area contributed by atoms with Gasteiger partial charge in [-0.15, -0.1) is 0 Å². The van der Waals surface area contributed by atoms with Gasteiger partial charge in [-0.05, 0) is 51.4 Å². The summed E-state index contributed by atoms with van der Waals surface area (Å²) in [7, 11) is 3.24. The lowest BCUT2D eigenvalue weighted by molar-refractivity contribution is -0.151. The summed E-state index contributed by atoms with van der Waals surface area (Å²) in [6.07, 6.45) is 3.78. The number of esters is 1. The molecule has 4 aromatic rings. The molecule has 10 nitrogen and oxygen atoms in total. The Morgan fingerprint density at radius 1 is 1.00 bits per heavy atom. The van der Waals surface area contributed by atoms with E-state index in [9.17, 15) is 9.59 Å². The van der Waals surface area contributed by atoms with Crippen LogP contribution in [0.15, 0.2) is 60.8 Å². The van der Waals surface area contributed by atoms with Gasteiger partial charge in [-0.1, -0.05) is 59.6 Å². The van der Waals surface area contributed by atoms with Gasteiger partial charge in [0.25, 0.3) is 0 Å². The minimum Gasteiger partial charge on any atom is -0.496 e. The van der Waals surface area contributed by atoms with Crippen LogP contribution in [-0.4, -0.2) is 72.7 Å². The van der Waals surface area contributed by atoms with Crippen molar-refractivity contribution in [2.75, 3.05) is 33.9 Å². The summed E-state index contributed by atoms with van der Waals surface area (Å²) in [5, 5.41) is 7.33. The van der Waals surface area contributed by atoms with E-state index in [-0.39, 0.29) is 29.9 Å². The highest BCUT2D eigenvalue weighted by Gasteiger charge is 2.30. The van der Waals surface area contributed by atoms with Crippen LogP contribution in [0.1, 0.15) is 44.2 Å². The van der Waals surface area contributed by atoms with Crippen molar-refractivity contribution < 1.29 is 23.8 Å². The molecule has 2 aliphatic rings. The lowest BCUT2D eigenvalue weighted by atomic mass is 9.99. The van der Waals surface area contributed by atoms with Crippen LogP contribution < -0.4 is 20.1 Å². The van der Waals surface area contributed by atoms with Crippen molar-refractivity contribution in [3.05, 3.63) is 82.0 Å². The molecule has 0 radical (unpaired) electrons. The molecule has 1 amide bonds. The molecule has 12 heteroatoms. The van der Waals surface area contributed by atoms with E-state index in [1.54, 1.807) is 20.4 Å². The first-order valence-electron chi connectivity index (χ1n) is 17.2. The Labute approximate surface area is 308 Å². The van der Waals surface area contributed by atoms with Gasteiger partial charge < -0.3 is 24.8 Å². The average molecular weight is 733 g/mol. The Balaban J connectivity index is 1.20. The van der Waals surface area contributed by atoms with Gasteiger partial charge in [-0.2, -0.15) is 0 Å². The van der Waals surface area contributed by atoms with Gasteiger partial charge >= 0.3 is 5.97 Å². The van der Waals surface area contributed by atoms with E-state index < -0.39 is 0 Å². The molecule has 0 aliphatic carbocycles. The van der Waals surface area contributed by atoms with Crippen molar-refractivity contribution in [2.45, 2.75) is 58.3 Å². The number of nitrogens with zero attached hydrogens (tertiary/aromatic N) is 3. The molecule has 2 saturated heterocycles. The predicted octanol–water partition coefficient (Wildman–Crippen LogP) is 6.94. The van der Waals surface area contributed by atoms with Gasteiger partial charge in [0.2, 0.25) is 11.8 Å². The number of likely N-dealkylation sites (tertiary alicyclic amines) is 1. The highest BCUT2D eigenvalue weighted by atomic mass is 35.5. The molecule has 2 aliphatic heterocycles. The second-order valence-electron chi connectivity index (χ2n) is 13.2. The summed E-state index contributed by atoms with van der Waals surface area (Å²) in [5.41, 5.74) is 6.20. The van der Waals surface area contributed by atoms with Gasteiger partial charge in [0, 0.05) is 78.2 Å². The zero-order valence-corrected chi connectivity index (χ0v) is 30.8. The van der Waals surface area contributed by atoms with Gasteiger partial charge in [0.15, 0.2) is 0 Å². The van der Waals surface area contributed by atoms with E-state index >= 15 is 0 Å². The van der Waals surface area contributed by atoms with E-state index in [1.807, 2.05) is 68.4 Å². The lowest BCUT2D eigenvalue weighted by Crippen LogP contribution is -2.35. The molecule has 2 aromatic carbocycles. The first-order valence-corrected chi connectivity index (χ1v) is 18.0. The molecule has 4 heterocycles. The molecule has 2 aromatic heterocycles. The Hall–Kier alpha value is -4.22. The fraction of sp³-hybridized carbons (Fsp3) is 0.385. The van der Waals surface area contributed by atoms with E-state index in [2.05, 4.69) is 20.5 Å². The number of ether oxygens (including phenoxy) is 3. The molecule has 2 N–H and O–H groups in total. The Kier molecular flexibility index (Phi) is 11.8. The predicted molar refractivity (Wildman–Crippen MR) is 199 cm³/mol. The van der Waals surface area contributed by atoms with Crippen molar-refractivity contribution in [3.63, 3.8) is 0 Å². The smallest absolute Gasteiger partial charge is 0.310 e. The third-order valence-corrected chi connectivity index (χ3v) is 10.1. The van der Waals surface area contributed by atoms with Gasteiger partial charge in [0.1, 0.15) is 5.75 Å². The molecule has 0 saturated carbocycles. The number of rotatable bonds is 13. The summed E-state index contributed by atoms with van der Waals surface area (Å²) >= 11 is 14.2. The summed E-state index contributed by atoms with van der Waals surface area (Å²) in [6.45, 7) is 7.07. The molecular formula is C39H43Cl2N5O5. The number of methoxy groups -OCH3 is 2. The van der Waals surface area contributed by atoms with Crippen LogP contribution >= 0.6 is 23.2 Å². The number of halogens is 2. The Morgan fingerprint density at radius 2 is 1.78 bits per heavy atom. The summed E-state index contributed by atoms with van der Waals surface area (Å²) in [4.78, 5) is 35.7. The van der Waals surface area contributed by atoms with Gasteiger partial charge in [-0.25, -0.2) is 4.98 Å². The van der Waals surface area contributed by atoms with Crippen molar-refractivity contribution in [2.24, 2.45) is 5.92 Å². The second kappa shape index (κ2) is 16.4. The van der Waals surface area contributed by atoms with Crippen LogP contribution in [-0.2, 0) is 27.4 Å². The molecule has 2 atom stereocenters. The third-order valence-electron chi connectivity index (χ3n) is 9.29. The van der Waals surface area contributed by atoms with E-state index in [4.69, 9.17) is 42.4 Å².